The molecule has 3 nitrogen and oxygen atoms in total. The molecule has 0 aliphatic heterocycles. The number of fused-ring (bicyclic) bond motifs is 1. The number of benzene rings is 3. The second-order valence-corrected chi connectivity index (χ2v) is 7.68. The van der Waals surface area contributed by atoms with Crippen LogP contribution < -0.4 is 11.1 Å². The second-order valence-electron chi connectivity index (χ2n) is 7.68. The van der Waals surface area contributed by atoms with Crippen LogP contribution in [0.1, 0.15) is 32.6 Å². The number of anilines is 1. The minimum atomic E-state index is -4.40. The average Bonchev–Trinajstić information content (AvgIpc) is 3.06. The zero-order chi connectivity index (χ0) is 21.5. The molecule has 0 fully saturated rings. The maximum Gasteiger partial charge on any atom is 0.416 e. The number of rotatable bonds is 3. The Bertz CT molecular complexity index is 1100. The van der Waals surface area contributed by atoms with E-state index in [2.05, 4.69) is 5.32 Å². The summed E-state index contributed by atoms with van der Waals surface area (Å²) < 4.78 is 38.7. The number of hydrogen-bond donors (Lipinski definition) is 2. The molecule has 154 valence electrons. The standard InChI is InChI=1S/C24H21F3N2O/c1-14-3-2-4-21(22(14)15-5-8-18(9-6-15)24(25,26)27)23(30)29-20-10-7-16-11-19(28)12-17(16)13-20/h2-10,13,19H,11-12,28H2,1H3,(H,29,30). The number of nitrogens with two attached hydrogens (primary N) is 1. The molecule has 0 aromatic heterocycles. The van der Waals surface area contributed by atoms with Crippen LogP contribution in [-0.2, 0) is 19.0 Å². The number of alkyl halides is 3. The Morgan fingerprint density at radius 2 is 1.70 bits per heavy atom. The van der Waals surface area contributed by atoms with Crippen LogP contribution in [0, 0.1) is 6.92 Å². The van der Waals surface area contributed by atoms with E-state index in [0.717, 1.165) is 36.1 Å². The number of aryl methyl sites for hydroxylation is 1. The summed E-state index contributed by atoms with van der Waals surface area (Å²) in [6.45, 7) is 1.83. The highest BCUT2D eigenvalue weighted by Gasteiger charge is 2.30. The van der Waals surface area contributed by atoms with Gasteiger partial charge in [-0.2, -0.15) is 13.2 Å². The molecule has 1 aliphatic rings. The van der Waals surface area contributed by atoms with E-state index in [0.29, 0.717) is 22.4 Å². The number of hydrogen-bond acceptors (Lipinski definition) is 2. The topological polar surface area (TPSA) is 55.1 Å². The van der Waals surface area contributed by atoms with Gasteiger partial charge in [-0.05, 0) is 77.9 Å². The van der Waals surface area contributed by atoms with Crippen LogP contribution in [0.15, 0.2) is 60.7 Å². The lowest BCUT2D eigenvalue weighted by Gasteiger charge is -2.15. The first-order valence-corrected chi connectivity index (χ1v) is 9.68. The van der Waals surface area contributed by atoms with E-state index in [9.17, 15) is 18.0 Å². The molecule has 0 radical (unpaired) electrons. The normalized spacial score (nSPS) is 15.7. The fraction of sp³-hybridized carbons (Fsp3) is 0.208. The largest absolute Gasteiger partial charge is 0.416 e. The first-order chi connectivity index (χ1) is 14.2. The number of halogens is 3. The molecular formula is C24H21F3N2O. The Morgan fingerprint density at radius 3 is 2.40 bits per heavy atom. The van der Waals surface area contributed by atoms with Crippen molar-refractivity contribution >= 4 is 11.6 Å². The molecule has 0 saturated carbocycles. The molecule has 0 saturated heterocycles. The quantitative estimate of drug-likeness (QED) is 0.611. The van der Waals surface area contributed by atoms with Crippen LogP contribution in [0.4, 0.5) is 18.9 Å². The van der Waals surface area contributed by atoms with Gasteiger partial charge in [0.1, 0.15) is 0 Å². The molecule has 1 atom stereocenters. The van der Waals surface area contributed by atoms with E-state index in [1.165, 1.54) is 17.7 Å². The highest BCUT2D eigenvalue weighted by Crippen LogP contribution is 2.33. The van der Waals surface area contributed by atoms with Crippen molar-refractivity contribution in [3.05, 3.63) is 88.5 Å². The maximum absolute atomic E-state index is 13.0. The van der Waals surface area contributed by atoms with Crippen molar-refractivity contribution in [2.24, 2.45) is 5.73 Å². The SMILES string of the molecule is Cc1cccc(C(=O)Nc2ccc3c(c2)CC(N)C3)c1-c1ccc(C(F)(F)F)cc1. The maximum atomic E-state index is 13.0. The second kappa shape index (κ2) is 7.61. The Balaban J connectivity index is 1.65. The summed E-state index contributed by atoms with van der Waals surface area (Å²) in [4.78, 5) is 13.0. The minimum absolute atomic E-state index is 0.106. The van der Waals surface area contributed by atoms with Crippen molar-refractivity contribution in [2.45, 2.75) is 32.0 Å². The summed E-state index contributed by atoms with van der Waals surface area (Å²) >= 11 is 0. The summed E-state index contributed by atoms with van der Waals surface area (Å²) in [5.41, 5.74) is 10.7. The van der Waals surface area contributed by atoms with E-state index in [-0.39, 0.29) is 11.9 Å². The third-order valence-corrected chi connectivity index (χ3v) is 5.45. The predicted molar refractivity (Wildman–Crippen MR) is 111 cm³/mol. The van der Waals surface area contributed by atoms with Crippen LogP contribution in [0.3, 0.4) is 0 Å². The lowest BCUT2D eigenvalue weighted by Crippen LogP contribution is -2.19. The first kappa shape index (κ1) is 20.2. The summed E-state index contributed by atoms with van der Waals surface area (Å²) in [5, 5.41) is 2.92. The van der Waals surface area contributed by atoms with E-state index in [1.807, 2.05) is 31.2 Å². The molecule has 6 heteroatoms. The van der Waals surface area contributed by atoms with Gasteiger partial charge in [-0.3, -0.25) is 4.79 Å². The fourth-order valence-electron chi connectivity index (χ4n) is 3.99. The summed E-state index contributed by atoms with van der Waals surface area (Å²) in [6.07, 6.45) is -2.79. The molecule has 4 rings (SSSR count). The van der Waals surface area contributed by atoms with Crippen LogP contribution >= 0.6 is 0 Å². The Hall–Kier alpha value is -3.12. The number of carbonyl (C=O) groups is 1. The van der Waals surface area contributed by atoms with Gasteiger partial charge < -0.3 is 11.1 Å². The van der Waals surface area contributed by atoms with Gasteiger partial charge in [-0.25, -0.2) is 0 Å². The van der Waals surface area contributed by atoms with Crippen LogP contribution in [-0.4, -0.2) is 11.9 Å². The number of nitrogens with one attached hydrogen (secondary N) is 1. The molecule has 1 amide bonds. The highest BCUT2D eigenvalue weighted by atomic mass is 19.4. The molecule has 1 aliphatic carbocycles. The van der Waals surface area contributed by atoms with Gasteiger partial charge >= 0.3 is 6.18 Å². The van der Waals surface area contributed by atoms with Crippen LogP contribution in [0.25, 0.3) is 11.1 Å². The van der Waals surface area contributed by atoms with E-state index >= 15 is 0 Å². The van der Waals surface area contributed by atoms with Crippen molar-refractivity contribution in [3.8, 4) is 11.1 Å². The monoisotopic (exact) mass is 410 g/mol. The average molecular weight is 410 g/mol. The minimum Gasteiger partial charge on any atom is -0.327 e. The van der Waals surface area contributed by atoms with Crippen molar-refractivity contribution in [3.63, 3.8) is 0 Å². The van der Waals surface area contributed by atoms with Crippen LogP contribution in [0.5, 0.6) is 0 Å². The van der Waals surface area contributed by atoms with Gasteiger partial charge in [0, 0.05) is 17.3 Å². The smallest absolute Gasteiger partial charge is 0.327 e. The Morgan fingerprint density at radius 1 is 1.00 bits per heavy atom. The molecule has 1 unspecified atom stereocenters. The molecule has 3 aromatic carbocycles. The zero-order valence-electron chi connectivity index (χ0n) is 16.4. The van der Waals surface area contributed by atoms with E-state index < -0.39 is 11.7 Å². The Labute approximate surface area is 172 Å². The highest BCUT2D eigenvalue weighted by molar-refractivity contribution is 6.09. The third-order valence-electron chi connectivity index (χ3n) is 5.45. The molecule has 0 spiro atoms. The Kier molecular flexibility index (Phi) is 5.12. The van der Waals surface area contributed by atoms with Crippen molar-refractivity contribution in [1.29, 1.82) is 0 Å². The van der Waals surface area contributed by atoms with Gasteiger partial charge in [-0.1, -0.05) is 30.3 Å². The molecule has 30 heavy (non-hydrogen) atoms. The molecule has 3 N–H and O–H groups in total. The van der Waals surface area contributed by atoms with Gasteiger partial charge in [-0.15, -0.1) is 0 Å². The van der Waals surface area contributed by atoms with Gasteiger partial charge in [0.05, 0.1) is 5.56 Å². The van der Waals surface area contributed by atoms with E-state index in [4.69, 9.17) is 5.73 Å². The van der Waals surface area contributed by atoms with Crippen molar-refractivity contribution in [1.82, 2.24) is 0 Å². The summed E-state index contributed by atoms with van der Waals surface area (Å²) in [7, 11) is 0. The van der Waals surface area contributed by atoms with Gasteiger partial charge in [0.15, 0.2) is 0 Å². The van der Waals surface area contributed by atoms with Gasteiger partial charge in [0.2, 0.25) is 0 Å². The predicted octanol–water partition coefficient (Wildman–Crippen LogP) is 5.36. The number of amides is 1. The summed E-state index contributed by atoms with van der Waals surface area (Å²) in [5.74, 6) is -0.309. The zero-order valence-corrected chi connectivity index (χ0v) is 16.4. The molecule has 3 aromatic rings. The lowest BCUT2D eigenvalue weighted by molar-refractivity contribution is -0.137. The first-order valence-electron chi connectivity index (χ1n) is 9.68. The summed E-state index contributed by atoms with van der Waals surface area (Å²) in [6, 6.07) is 16.0. The third kappa shape index (κ3) is 3.96. The lowest BCUT2D eigenvalue weighted by atomic mass is 9.93. The van der Waals surface area contributed by atoms with Crippen molar-refractivity contribution in [2.75, 3.05) is 5.32 Å². The van der Waals surface area contributed by atoms with E-state index in [1.54, 1.807) is 12.1 Å². The van der Waals surface area contributed by atoms with Crippen LogP contribution in [0.2, 0.25) is 0 Å². The molecule has 0 heterocycles. The molecular weight excluding hydrogens is 389 g/mol. The van der Waals surface area contributed by atoms with Crippen molar-refractivity contribution < 1.29 is 18.0 Å². The van der Waals surface area contributed by atoms with Gasteiger partial charge in [0.25, 0.3) is 5.91 Å². The number of carbonyl (C=O) groups excluding carboxylic acids is 1. The fourth-order valence-corrected chi connectivity index (χ4v) is 3.99. The molecule has 0 bridgehead atoms.